The predicted octanol–water partition coefficient (Wildman–Crippen LogP) is 3.11. The molecule has 0 bridgehead atoms. The summed E-state index contributed by atoms with van der Waals surface area (Å²) in [5.41, 5.74) is 7.17. The number of furan rings is 1. The van der Waals surface area contributed by atoms with Crippen LogP contribution in [0.25, 0.3) is 10.6 Å². The fraction of sp³-hybridized carbons (Fsp3) is 0.0667. The van der Waals surface area contributed by atoms with E-state index >= 15 is 0 Å². The number of carbonyl (C=O) groups is 1. The van der Waals surface area contributed by atoms with Crippen LogP contribution in [0.3, 0.4) is 0 Å². The predicted molar refractivity (Wildman–Crippen MR) is 82.1 cm³/mol. The van der Waals surface area contributed by atoms with Crippen LogP contribution in [0.5, 0.6) is 0 Å². The van der Waals surface area contributed by atoms with Gasteiger partial charge in [-0.2, -0.15) is 0 Å². The van der Waals surface area contributed by atoms with Crippen molar-refractivity contribution in [1.29, 1.82) is 0 Å². The third-order valence-electron chi connectivity index (χ3n) is 2.91. The first-order valence-corrected chi connectivity index (χ1v) is 7.24. The molecule has 0 aliphatic rings. The van der Waals surface area contributed by atoms with Crippen molar-refractivity contribution in [3.05, 3.63) is 59.5 Å². The summed E-state index contributed by atoms with van der Waals surface area (Å²) in [4.78, 5) is 16.2. The Hall–Kier alpha value is -2.44. The smallest absolute Gasteiger partial charge is 0.291 e. The van der Waals surface area contributed by atoms with Crippen LogP contribution in [0.15, 0.2) is 52.4 Å². The van der Waals surface area contributed by atoms with E-state index < -0.39 is 0 Å². The maximum absolute atomic E-state index is 12.0. The fourth-order valence-corrected chi connectivity index (χ4v) is 2.51. The molecule has 1 aromatic carbocycles. The van der Waals surface area contributed by atoms with Gasteiger partial charge in [0.05, 0.1) is 6.54 Å². The van der Waals surface area contributed by atoms with Gasteiger partial charge in [0.2, 0.25) is 0 Å². The quantitative estimate of drug-likeness (QED) is 0.775. The highest BCUT2D eigenvalue weighted by atomic mass is 32.1. The lowest BCUT2D eigenvalue weighted by atomic mass is 10.2. The molecule has 5 nitrogen and oxygen atoms in total. The maximum Gasteiger partial charge on any atom is 0.291 e. The summed E-state index contributed by atoms with van der Waals surface area (Å²) in [6.45, 7) is 0.274. The minimum absolute atomic E-state index is 0.249. The molecule has 0 atom stereocenters. The molecule has 3 aromatic rings. The lowest BCUT2D eigenvalue weighted by Gasteiger charge is -2.04. The molecule has 3 rings (SSSR count). The normalized spacial score (nSPS) is 10.5. The van der Waals surface area contributed by atoms with Gasteiger partial charge in [-0.15, -0.1) is 11.3 Å². The van der Waals surface area contributed by atoms with Crippen LogP contribution in [-0.2, 0) is 6.54 Å². The van der Waals surface area contributed by atoms with E-state index in [4.69, 9.17) is 10.2 Å². The number of hydrogen-bond acceptors (Lipinski definition) is 5. The molecule has 0 saturated heterocycles. The number of nitrogens with two attached hydrogens (primary N) is 1. The molecule has 0 aliphatic carbocycles. The van der Waals surface area contributed by atoms with Crippen LogP contribution >= 0.6 is 11.3 Å². The van der Waals surface area contributed by atoms with Crippen molar-refractivity contribution in [1.82, 2.24) is 4.98 Å². The highest BCUT2D eigenvalue weighted by Gasteiger charge is 2.11. The Kier molecular flexibility index (Phi) is 3.81. The average molecular weight is 299 g/mol. The van der Waals surface area contributed by atoms with E-state index in [-0.39, 0.29) is 18.2 Å². The third-order valence-corrected chi connectivity index (χ3v) is 3.73. The Morgan fingerprint density at radius 3 is 2.67 bits per heavy atom. The number of benzene rings is 1. The number of aromatic nitrogens is 1. The molecule has 0 spiro atoms. The van der Waals surface area contributed by atoms with Crippen molar-refractivity contribution in [2.45, 2.75) is 6.54 Å². The molecule has 0 fully saturated rings. The Balaban J connectivity index is 1.71. The summed E-state index contributed by atoms with van der Waals surface area (Å²) in [5, 5.41) is 5.66. The van der Waals surface area contributed by atoms with E-state index in [9.17, 15) is 4.79 Å². The number of nitrogens with one attached hydrogen (secondary N) is 1. The Morgan fingerprint density at radius 1 is 1.24 bits per heavy atom. The van der Waals surface area contributed by atoms with Crippen molar-refractivity contribution in [3.8, 4) is 10.6 Å². The van der Waals surface area contributed by atoms with E-state index in [1.165, 1.54) is 0 Å². The molecule has 0 saturated carbocycles. The molecule has 2 aromatic heterocycles. The van der Waals surface area contributed by atoms with Crippen LogP contribution in [0.2, 0.25) is 0 Å². The topological polar surface area (TPSA) is 81.2 Å². The summed E-state index contributed by atoms with van der Waals surface area (Å²) < 4.78 is 5.30. The third kappa shape index (κ3) is 3.01. The van der Waals surface area contributed by atoms with Gasteiger partial charge in [0, 0.05) is 22.8 Å². The number of nitrogens with zero attached hydrogens (tertiary/aromatic N) is 1. The molecule has 21 heavy (non-hydrogen) atoms. The zero-order chi connectivity index (χ0) is 14.7. The Bertz CT molecular complexity index is 733. The number of thiazole rings is 1. The van der Waals surface area contributed by atoms with Crippen molar-refractivity contribution in [2.75, 3.05) is 5.32 Å². The first-order valence-electron chi connectivity index (χ1n) is 6.36. The molecule has 0 radical (unpaired) electrons. The number of anilines is 1. The maximum atomic E-state index is 12.0. The van der Waals surface area contributed by atoms with Gasteiger partial charge in [0.1, 0.15) is 10.8 Å². The van der Waals surface area contributed by atoms with Crippen molar-refractivity contribution in [2.24, 2.45) is 5.73 Å². The highest BCUT2D eigenvalue weighted by molar-refractivity contribution is 7.13. The van der Waals surface area contributed by atoms with Crippen LogP contribution in [-0.4, -0.2) is 10.9 Å². The minimum Gasteiger partial charge on any atom is -0.455 e. The first-order chi connectivity index (χ1) is 10.3. The lowest BCUT2D eigenvalue weighted by Crippen LogP contribution is -2.10. The molecule has 0 aliphatic heterocycles. The van der Waals surface area contributed by atoms with Gasteiger partial charge in [-0.05, 0) is 36.4 Å². The lowest BCUT2D eigenvalue weighted by molar-refractivity contribution is 0.0995. The largest absolute Gasteiger partial charge is 0.455 e. The molecule has 0 unspecified atom stereocenters. The second-order valence-corrected chi connectivity index (χ2v) is 5.23. The van der Waals surface area contributed by atoms with Gasteiger partial charge in [-0.1, -0.05) is 0 Å². The van der Waals surface area contributed by atoms with Gasteiger partial charge >= 0.3 is 0 Å². The summed E-state index contributed by atoms with van der Waals surface area (Å²) in [6.07, 6.45) is 1.77. The Labute approximate surface area is 125 Å². The molecule has 2 heterocycles. The molecular formula is C15H13N3O2S. The van der Waals surface area contributed by atoms with E-state index in [0.29, 0.717) is 11.4 Å². The summed E-state index contributed by atoms with van der Waals surface area (Å²) in [7, 11) is 0. The van der Waals surface area contributed by atoms with Gasteiger partial charge < -0.3 is 15.5 Å². The summed E-state index contributed by atoms with van der Waals surface area (Å²) in [6, 6.07) is 10.8. The van der Waals surface area contributed by atoms with Crippen LogP contribution in [0.4, 0.5) is 5.69 Å². The summed E-state index contributed by atoms with van der Waals surface area (Å²) >= 11 is 1.57. The van der Waals surface area contributed by atoms with Crippen molar-refractivity contribution < 1.29 is 9.21 Å². The van der Waals surface area contributed by atoms with Crippen LogP contribution in [0.1, 0.15) is 16.3 Å². The highest BCUT2D eigenvalue weighted by Crippen LogP contribution is 2.23. The Morgan fingerprint density at radius 2 is 2.05 bits per heavy atom. The SMILES string of the molecule is NCc1ccc(C(=O)Nc2ccc(-c3nccs3)cc2)o1. The zero-order valence-corrected chi connectivity index (χ0v) is 11.9. The van der Waals surface area contributed by atoms with Crippen LogP contribution < -0.4 is 11.1 Å². The first kappa shape index (κ1) is 13.5. The second-order valence-electron chi connectivity index (χ2n) is 4.34. The van der Waals surface area contributed by atoms with E-state index in [2.05, 4.69) is 10.3 Å². The zero-order valence-electron chi connectivity index (χ0n) is 11.1. The van der Waals surface area contributed by atoms with Crippen molar-refractivity contribution in [3.63, 3.8) is 0 Å². The van der Waals surface area contributed by atoms with Gasteiger partial charge in [0.15, 0.2) is 5.76 Å². The average Bonchev–Trinajstić information content (AvgIpc) is 3.19. The number of hydrogen-bond donors (Lipinski definition) is 2. The van der Waals surface area contributed by atoms with E-state index in [1.807, 2.05) is 29.6 Å². The molecular weight excluding hydrogens is 286 g/mol. The van der Waals surface area contributed by atoms with Crippen LogP contribution in [0, 0.1) is 0 Å². The number of amides is 1. The second kappa shape index (κ2) is 5.90. The molecule has 6 heteroatoms. The minimum atomic E-state index is -0.295. The molecule has 3 N–H and O–H groups in total. The molecule has 106 valence electrons. The van der Waals surface area contributed by atoms with E-state index in [1.54, 1.807) is 29.7 Å². The number of rotatable bonds is 4. The fourth-order valence-electron chi connectivity index (χ4n) is 1.86. The van der Waals surface area contributed by atoms with Gasteiger partial charge in [-0.25, -0.2) is 4.98 Å². The van der Waals surface area contributed by atoms with Crippen molar-refractivity contribution >= 4 is 22.9 Å². The monoisotopic (exact) mass is 299 g/mol. The summed E-state index contributed by atoms with van der Waals surface area (Å²) in [5.74, 6) is 0.537. The van der Waals surface area contributed by atoms with Gasteiger partial charge in [-0.3, -0.25) is 4.79 Å². The van der Waals surface area contributed by atoms with E-state index in [0.717, 1.165) is 10.6 Å². The number of carbonyl (C=O) groups excluding carboxylic acids is 1. The standard InChI is InChI=1S/C15H13N3O2S/c16-9-12-5-6-13(20-12)14(19)18-11-3-1-10(2-4-11)15-17-7-8-21-15/h1-8H,9,16H2,(H,18,19). The van der Waals surface area contributed by atoms with Gasteiger partial charge in [0.25, 0.3) is 5.91 Å². The molecule has 1 amide bonds.